The first kappa shape index (κ1) is 20.6. The molecule has 9 nitrogen and oxygen atoms in total. The highest BCUT2D eigenvalue weighted by Gasteiger charge is 2.19. The number of nitrogens with one attached hydrogen (secondary N) is 2. The Hall–Kier alpha value is -3.67. The first-order chi connectivity index (χ1) is 13.6. The molecular formula is C19H21N5O4. The molecule has 0 aromatic carbocycles. The van der Waals surface area contributed by atoms with Crippen LogP contribution >= 0.6 is 0 Å². The van der Waals surface area contributed by atoms with Crippen molar-refractivity contribution in [3.63, 3.8) is 0 Å². The van der Waals surface area contributed by atoms with Gasteiger partial charge in [-0.15, -0.1) is 0 Å². The van der Waals surface area contributed by atoms with Crippen molar-refractivity contribution in [1.29, 1.82) is 5.26 Å². The molecule has 0 spiro atoms. The van der Waals surface area contributed by atoms with E-state index in [0.29, 0.717) is 13.2 Å². The van der Waals surface area contributed by atoms with Gasteiger partial charge < -0.3 is 20.1 Å². The number of carbonyl (C=O) groups excluding carboxylic acids is 2. The van der Waals surface area contributed by atoms with Gasteiger partial charge in [0, 0.05) is 12.4 Å². The standard InChI is InChI=1S/C19H21N5O4/c1-3-27-18-14(7-5-9-21-18)16(25)23-12-13(11-20)24-17(26)15-8-6-10-22-19(15)28-4-2/h5-10,13H,3-4,12H2,1-2H3,(H,23,25)(H,24,26). The van der Waals surface area contributed by atoms with Crippen LogP contribution in [0.5, 0.6) is 11.8 Å². The molecule has 0 bridgehead atoms. The maximum atomic E-state index is 12.4. The van der Waals surface area contributed by atoms with E-state index < -0.39 is 17.9 Å². The van der Waals surface area contributed by atoms with Crippen LogP contribution in [-0.2, 0) is 0 Å². The van der Waals surface area contributed by atoms with Crippen LogP contribution in [0.1, 0.15) is 34.6 Å². The van der Waals surface area contributed by atoms with Gasteiger partial charge in [0.1, 0.15) is 17.2 Å². The molecule has 0 aliphatic carbocycles. The van der Waals surface area contributed by atoms with Crippen LogP contribution in [0.25, 0.3) is 0 Å². The van der Waals surface area contributed by atoms with E-state index >= 15 is 0 Å². The lowest BCUT2D eigenvalue weighted by Crippen LogP contribution is -2.43. The molecule has 0 fully saturated rings. The van der Waals surface area contributed by atoms with E-state index in [4.69, 9.17) is 9.47 Å². The molecule has 0 radical (unpaired) electrons. The molecule has 0 aliphatic rings. The summed E-state index contributed by atoms with van der Waals surface area (Å²) < 4.78 is 10.6. The molecule has 0 saturated carbocycles. The molecule has 2 heterocycles. The Morgan fingerprint density at radius 2 is 1.57 bits per heavy atom. The Bertz CT molecular complexity index is 865. The summed E-state index contributed by atoms with van der Waals surface area (Å²) in [4.78, 5) is 32.8. The zero-order valence-corrected chi connectivity index (χ0v) is 15.6. The summed E-state index contributed by atoms with van der Waals surface area (Å²) in [6, 6.07) is 7.32. The normalized spacial score (nSPS) is 11.0. The second-order valence-electron chi connectivity index (χ2n) is 5.44. The Morgan fingerprint density at radius 1 is 1.04 bits per heavy atom. The fourth-order valence-corrected chi connectivity index (χ4v) is 2.29. The van der Waals surface area contributed by atoms with E-state index in [1.807, 2.05) is 6.07 Å². The molecule has 9 heteroatoms. The van der Waals surface area contributed by atoms with Crippen molar-refractivity contribution in [2.45, 2.75) is 19.9 Å². The average Bonchev–Trinajstić information content (AvgIpc) is 2.72. The molecule has 28 heavy (non-hydrogen) atoms. The van der Waals surface area contributed by atoms with E-state index in [1.165, 1.54) is 12.4 Å². The summed E-state index contributed by atoms with van der Waals surface area (Å²) >= 11 is 0. The Labute approximate surface area is 162 Å². The highest BCUT2D eigenvalue weighted by atomic mass is 16.5. The van der Waals surface area contributed by atoms with Crippen molar-refractivity contribution < 1.29 is 19.1 Å². The highest BCUT2D eigenvalue weighted by molar-refractivity contribution is 5.97. The van der Waals surface area contributed by atoms with E-state index in [-0.39, 0.29) is 29.4 Å². The molecule has 2 N–H and O–H groups in total. The molecule has 2 amide bonds. The monoisotopic (exact) mass is 383 g/mol. The number of ether oxygens (including phenoxy) is 2. The van der Waals surface area contributed by atoms with E-state index in [9.17, 15) is 14.9 Å². The predicted octanol–water partition coefficient (Wildman–Crippen LogP) is 1.33. The topological polar surface area (TPSA) is 126 Å². The zero-order valence-electron chi connectivity index (χ0n) is 15.6. The van der Waals surface area contributed by atoms with Gasteiger partial charge in [0.05, 0.1) is 25.8 Å². The van der Waals surface area contributed by atoms with Gasteiger partial charge in [-0.05, 0) is 38.1 Å². The molecule has 1 unspecified atom stereocenters. The molecule has 2 aromatic rings. The fraction of sp³-hybridized carbons (Fsp3) is 0.316. The summed E-state index contributed by atoms with van der Waals surface area (Å²) in [5, 5.41) is 14.5. The maximum Gasteiger partial charge on any atom is 0.257 e. The van der Waals surface area contributed by atoms with Gasteiger partial charge in [0.25, 0.3) is 11.8 Å². The third kappa shape index (κ3) is 5.41. The number of hydrogen-bond donors (Lipinski definition) is 2. The van der Waals surface area contributed by atoms with Crippen molar-refractivity contribution in [1.82, 2.24) is 20.6 Å². The Balaban J connectivity index is 2.01. The smallest absolute Gasteiger partial charge is 0.257 e. The lowest BCUT2D eigenvalue weighted by atomic mass is 10.2. The lowest BCUT2D eigenvalue weighted by Gasteiger charge is -2.15. The number of carbonyl (C=O) groups is 2. The first-order valence-electron chi connectivity index (χ1n) is 8.75. The van der Waals surface area contributed by atoms with Crippen LogP contribution in [-0.4, -0.2) is 47.6 Å². The number of rotatable bonds is 9. The first-order valence-corrected chi connectivity index (χ1v) is 8.75. The number of pyridine rings is 2. The predicted molar refractivity (Wildman–Crippen MR) is 100 cm³/mol. The van der Waals surface area contributed by atoms with Crippen molar-refractivity contribution in [3.05, 3.63) is 47.8 Å². The zero-order chi connectivity index (χ0) is 20.4. The fourth-order valence-electron chi connectivity index (χ4n) is 2.29. The number of hydrogen-bond acceptors (Lipinski definition) is 7. The number of nitrogens with zero attached hydrogens (tertiary/aromatic N) is 3. The van der Waals surface area contributed by atoms with E-state index in [1.54, 1.807) is 38.1 Å². The van der Waals surface area contributed by atoms with Crippen molar-refractivity contribution in [2.75, 3.05) is 19.8 Å². The van der Waals surface area contributed by atoms with Crippen LogP contribution in [0.3, 0.4) is 0 Å². The quantitative estimate of drug-likeness (QED) is 0.669. The largest absolute Gasteiger partial charge is 0.477 e. The van der Waals surface area contributed by atoms with Crippen LogP contribution in [0.15, 0.2) is 36.7 Å². The number of amides is 2. The van der Waals surface area contributed by atoms with Gasteiger partial charge in [0.2, 0.25) is 11.8 Å². The minimum absolute atomic E-state index is 0.0915. The summed E-state index contributed by atoms with van der Waals surface area (Å²) in [5.41, 5.74) is 0.458. The van der Waals surface area contributed by atoms with Crippen LogP contribution < -0.4 is 20.1 Å². The minimum atomic E-state index is -0.946. The summed E-state index contributed by atoms with van der Waals surface area (Å²) in [7, 11) is 0. The Morgan fingerprint density at radius 3 is 2.07 bits per heavy atom. The SMILES string of the molecule is CCOc1ncccc1C(=O)NCC(C#N)NC(=O)c1cccnc1OCC. The van der Waals surface area contributed by atoms with E-state index in [0.717, 1.165) is 0 Å². The van der Waals surface area contributed by atoms with Gasteiger partial charge in [-0.1, -0.05) is 0 Å². The lowest BCUT2D eigenvalue weighted by molar-refractivity contribution is 0.0913. The molecule has 0 aliphatic heterocycles. The van der Waals surface area contributed by atoms with Gasteiger partial charge in [-0.2, -0.15) is 5.26 Å². The van der Waals surface area contributed by atoms with Gasteiger partial charge >= 0.3 is 0 Å². The second kappa shape index (κ2) is 10.5. The molecule has 2 rings (SSSR count). The van der Waals surface area contributed by atoms with Gasteiger partial charge in [0.15, 0.2) is 0 Å². The third-order valence-electron chi connectivity index (χ3n) is 3.52. The third-order valence-corrected chi connectivity index (χ3v) is 3.52. The second-order valence-corrected chi connectivity index (χ2v) is 5.44. The number of nitriles is 1. The maximum absolute atomic E-state index is 12.4. The summed E-state index contributed by atoms with van der Waals surface area (Å²) in [6.07, 6.45) is 3.03. The molecular weight excluding hydrogens is 362 g/mol. The van der Waals surface area contributed by atoms with Crippen LogP contribution in [0.2, 0.25) is 0 Å². The minimum Gasteiger partial charge on any atom is -0.477 e. The van der Waals surface area contributed by atoms with Gasteiger partial charge in [-0.3, -0.25) is 9.59 Å². The average molecular weight is 383 g/mol. The van der Waals surface area contributed by atoms with Crippen molar-refractivity contribution in [3.8, 4) is 17.8 Å². The van der Waals surface area contributed by atoms with Crippen LogP contribution in [0.4, 0.5) is 0 Å². The van der Waals surface area contributed by atoms with Crippen molar-refractivity contribution >= 4 is 11.8 Å². The Kier molecular flexibility index (Phi) is 7.72. The van der Waals surface area contributed by atoms with Gasteiger partial charge in [-0.25, -0.2) is 9.97 Å². The summed E-state index contributed by atoms with van der Waals surface area (Å²) in [6.45, 7) is 4.18. The summed E-state index contributed by atoms with van der Waals surface area (Å²) in [5.74, 6) is -0.590. The molecule has 0 saturated heterocycles. The van der Waals surface area contributed by atoms with Crippen LogP contribution in [0, 0.1) is 11.3 Å². The molecule has 2 aromatic heterocycles. The molecule has 146 valence electrons. The van der Waals surface area contributed by atoms with E-state index in [2.05, 4.69) is 20.6 Å². The van der Waals surface area contributed by atoms with Crippen molar-refractivity contribution in [2.24, 2.45) is 0 Å². The number of aromatic nitrogens is 2. The highest BCUT2D eigenvalue weighted by Crippen LogP contribution is 2.15. The molecule has 1 atom stereocenters.